The Morgan fingerprint density at radius 2 is 1.86 bits per heavy atom. The molecule has 0 saturated carbocycles. The van der Waals surface area contributed by atoms with Crippen LogP contribution in [0.3, 0.4) is 0 Å². The second-order valence-electron chi connectivity index (χ2n) is 7.32. The monoisotopic (exact) mass is 398 g/mol. The van der Waals surface area contributed by atoms with Crippen molar-refractivity contribution < 1.29 is 19.1 Å². The maximum absolute atomic E-state index is 11.9. The predicted octanol–water partition coefficient (Wildman–Crippen LogP) is 5.13. The standard InChI is InChI=1S/C25H34O4/c1-4-5-6-7-8-9-10-11-12-13-14-15-16-17-18-19-20-23-24(29-22(3)26)21(2)28-25(23)27/h4,7-8,21,23-24H,1,5-6,13-20H2,2-3H3/b8-7+/t21-,23-,24+/m1/s1. The molecule has 0 aliphatic carbocycles. The third-order valence-electron chi connectivity index (χ3n) is 4.79. The molecular formula is C25H34O4. The number of carbonyl (C=O) groups is 2. The Bertz CT molecular complexity index is 668. The molecule has 0 amide bonds. The van der Waals surface area contributed by atoms with Gasteiger partial charge in [-0.25, -0.2) is 0 Å². The van der Waals surface area contributed by atoms with Crippen molar-refractivity contribution in [3.8, 4) is 23.7 Å². The van der Waals surface area contributed by atoms with E-state index in [4.69, 9.17) is 9.47 Å². The van der Waals surface area contributed by atoms with Crippen LogP contribution in [0.15, 0.2) is 24.8 Å². The zero-order valence-electron chi connectivity index (χ0n) is 17.9. The number of hydrogen-bond acceptors (Lipinski definition) is 4. The molecule has 0 radical (unpaired) electrons. The number of allylic oxidation sites excluding steroid dienone is 3. The molecule has 4 nitrogen and oxygen atoms in total. The van der Waals surface area contributed by atoms with Crippen LogP contribution in [0.5, 0.6) is 0 Å². The largest absolute Gasteiger partial charge is 0.458 e. The molecule has 1 saturated heterocycles. The molecule has 1 aliphatic rings. The van der Waals surface area contributed by atoms with Gasteiger partial charge < -0.3 is 9.47 Å². The van der Waals surface area contributed by atoms with Gasteiger partial charge in [0.05, 0.1) is 5.92 Å². The molecule has 158 valence electrons. The molecule has 29 heavy (non-hydrogen) atoms. The van der Waals surface area contributed by atoms with Gasteiger partial charge in [0.25, 0.3) is 0 Å². The number of ether oxygens (including phenoxy) is 2. The number of unbranched alkanes of at least 4 members (excludes halogenated alkanes) is 7. The van der Waals surface area contributed by atoms with E-state index < -0.39 is 6.10 Å². The zero-order chi connectivity index (χ0) is 21.3. The highest BCUT2D eigenvalue weighted by atomic mass is 16.6. The number of rotatable bonds is 12. The first-order valence-electron chi connectivity index (χ1n) is 10.7. The first-order valence-corrected chi connectivity index (χ1v) is 10.7. The Morgan fingerprint density at radius 3 is 2.59 bits per heavy atom. The third kappa shape index (κ3) is 11.2. The van der Waals surface area contributed by atoms with Gasteiger partial charge in [-0.2, -0.15) is 0 Å². The van der Waals surface area contributed by atoms with Crippen LogP contribution < -0.4 is 0 Å². The Labute approximate surface area is 176 Å². The molecule has 0 aromatic carbocycles. The molecule has 3 atom stereocenters. The van der Waals surface area contributed by atoms with Crippen LogP contribution in [0.2, 0.25) is 0 Å². The van der Waals surface area contributed by atoms with E-state index in [0.29, 0.717) is 6.42 Å². The van der Waals surface area contributed by atoms with Gasteiger partial charge >= 0.3 is 11.9 Å². The number of hydrogen-bond donors (Lipinski definition) is 0. The van der Waals surface area contributed by atoms with Crippen LogP contribution >= 0.6 is 0 Å². The second-order valence-corrected chi connectivity index (χ2v) is 7.32. The zero-order valence-corrected chi connectivity index (χ0v) is 17.9. The fourth-order valence-electron chi connectivity index (χ4n) is 3.28. The van der Waals surface area contributed by atoms with Gasteiger partial charge in [-0.1, -0.05) is 56.1 Å². The Hall–Kier alpha value is -2.46. The SMILES string of the molecule is C=CCC/C=C/C#CC#CCCCCCCCC[C@H]1C(=O)O[C@H](C)[C@@H]1OC(C)=O. The second kappa shape index (κ2) is 15.5. The van der Waals surface area contributed by atoms with Gasteiger partial charge in [-0.05, 0) is 50.5 Å². The van der Waals surface area contributed by atoms with Crippen LogP contribution in [0.1, 0.15) is 78.1 Å². The highest BCUT2D eigenvalue weighted by Crippen LogP contribution is 2.29. The lowest BCUT2D eigenvalue weighted by atomic mass is 9.94. The van der Waals surface area contributed by atoms with Gasteiger partial charge in [-0.3, -0.25) is 9.59 Å². The molecule has 0 unspecified atom stereocenters. The highest BCUT2D eigenvalue weighted by molar-refractivity contribution is 5.76. The van der Waals surface area contributed by atoms with E-state index in [2.05, 4.69) is 30.3 Å². The lowest BCUT2D eigenvalue weighted by molar-refractivity contribution is -0.150. The fraction of sp³-hybridized carbons (Fsp3) is 0.600. The Morgan fingerprint density at radius 1 is 1.14 bits per heavy atom. The minimum Gasteiger partial charge on any atom is -0.458 e. The van der Waals surface area contributed by atoms with E-state index in [1.807, 2.05) is 18.2 Å². The summed E-state index contributed by atoms with van der Waals surface area (Å²) in [4.78, 5) is 23.1. The van der Waals surface area contributed by atoms with E-state index in [1.165, 1.54) is 6.92 Å². The van der Waals surface area contributed by atoms with Crippen molar-refractivity contribution in [1.82, 2.24) is 0 Å². The van der Waals surface area contributed by atoms with Gasteiger partial charge in [0.1, 0.15) is 6.10 Å². The topological polar surface area (TPSA) is 52.6 Å². The normalized spacial score (nSPS) is 20.3. The van der Waals surface area contributed by atoms with Crippen molar-refractivity contribution in [2.45, 2.75) is 90.3 Å². The van der Waals surface area contributed by atoms with E-state index in [0.717, 1.165) is 57.8 Å². The lowest BCUT2D eigenvalue weighted by Gasteiger charge is -2.18. The van der Waals surface area contributed by atoms with Gasteiger partial charge in [0, 0.05) is 13.3 Å². The minimum atomic E-state index is -0.440. The molecule has 0 aromatic rings. The maximum atomic E-state index is 11.9. The molecule has 1 rings (SSSR count). The summed E-state index contributed by atoms with van der Waals surface area (Å²) in [6.45, 7) is 6.82. The summed E-state index contributed by atoms with van der Waals surface area (Å²) >= 11 is 0. The Balaban J connectivity index is 2.06. The van der Waals surface area contributed by atoms with Crippen LogP contribution in [-0.4, -0.2) is 24.1 Å². The van der Waals surface area contributed by atoms with Crippen LogP contribution in [0, 0.1) is 29.6 Å². The van der Waals surface area contributed by atoms with Crippen molar-refractivity contribution in [3.05, 3.63) is 24.8 Å². The van der Waals surface area contributed by atoms with E-state index >= 15 is 0 Å². The molecule has 0 bridgehead atoms. The van der Waals surface area contributed by atoms with Crippen LogP contribution in [0.4, 0.5) is 0 Å². The first kappa shape index (κ1) is 24.6. The lowest BCUT2D eigenvalue weighted by Crippen LogP contribution is -2.30. The molecule has 1 fully saturated rings. The molecular weight excluding hydrogens is 364 g/mol. The van der Waals surface area contributed by atoms with Crippen molar-refractivity contribution >= 4 is 11.9 Å². The van der Waals surface area contributed by atoms with Crippen LogP contribution in [-0.2, 0) is 19.1 Å². The van der Waals surface area contributed by atoms with Crippen LogP contribution in [0.25, 0.3) is 0 Å². The Kier molecular flexibility index (Phi) is 13.1. The summed E-state index contributed by atoms with van der Waals surface area (Å²) in [5.41, 5.74) is 0. The molecule has 4 heteroatoms. The van der Waals surface area contributed by atoms with Crippen molar-refractivity contribution in [3.63, 3.8) is 0 Å². The summed E-state index contributed by atoms with van der Waals surface area (Å²) in [6, 6.07) is 0. The van der Waals surface area contributed by atoms with Gasteiger partial charge in [0.15, 0.2) is 6.10 Å². The average molecular weight is 399 g/mol. The molecule has 0 aromatic heterocycles. The quantitative estimate of drug-likeness (QED) is 0.198. The summed E-state index contributed by atoms with van der Waals surface area (Å²) < 4.78 is 10.5. The summed E-state index contributed by atoms with van der Waals surface area (Å²) in [7, 11) is 0. The first-order chi connectivity index (χ1) is 14.1. The maximum Gasteiger partial charge on any atom is 0.313 e. The average Bonchev–Trinajstić information content (AvgIpc) is 2.94. The smallest absolute Gasteiger partial charge is 0.313 e. The summed E-state index contributed by atoms with van der Waals surface area (Å²) in [6.07, 6.45) is 15.1. The van der Waals surface area contributed by atoms with E-state index in [1.54, 1.807) is 6.92 Å². The molecule has 0 N–H and O–H groups in total. The fourth-order valence-corrected chi connectivity index (χ4v) is 3.28. The van der Waals surface area contributed by atoms with Crippen molar-refractivity contribution in [1.29, 1.82) is 0 Å². The molecule has 1 aliphatic heterocycles. The summed E-state index contributed by atoms with van der Waals surface area (Å²) in [5.74, 6) is 10.8. The van der Waals surface area contributed by atoms with Gasteiger partial charge in [0.2, 0.25) is 0 Å². The minimum absolute atomic E-state index is 0.238. The highest BCUT2D eigenvalue weighted by Gasteiger charge is 2.44. The molecule has 1 heterocycles. The van der Waals surface area contributed by atoms with Gasteiger partial charge in [-0.15, -0.1) is 6.58 Å². The van der Waals surface area contributed by atoms with Crippen molar-refractivity contribution in [2.24, 2.45) is 5.92 Å². The number of carbonyl (C=O) groups excluding carboxylic acids is 2. The van der Waals surface area contributed by atoms with E-state index in [9.17, 15) is 9.59 Å². The third-order valence-corrected chi connectivity index (χ3v) is 4.79. The number of cyclic esters (lactones) is 1. The number of esters is 2. The predicted molar refractivity (Wildman–Crippen MR) is 116 cm³/mol. The van der Waals surface area contributed by atoms with E-state index in [-0.39, 0.29) is 24.0 Å². The van der Waals surface area contributed by atoms with Crippen molar-refractivity contribution in [2.75, 3.05) is 0 Å². The summed E-state index contributed by atoms with van der Waals surface area (Å²) in [5, 5.41) is 0. The molecule has 0 spiro atoms.